The van der Waals surface area contributed by atoms with Gasteiger partial charge in [-0.25, -0.2) is 0 Å². The van der Waals surface area contributed by atoms with E-state index in [1.807, 2.05) is 0 Å². The first kappa shape index (κ1) is 12.3. The molecule has 1 saturated heterocycles. The topological polar surface area (TPSA) is 41.5 Å². The van der Waals surface area contributed by atoms with Crippen LogP contribution < -0.4 is 5.32 Å². The van der Waals surface area contributed by atoms with Gasteiger partial charge < -0.3 is 15.2 Å². The van der Waals surface area contributed by atoms with Crippen molar-refractivity contribution in [3.05, 3.63) is 0 Å². The summed E-state index contributed by atoms with van der Waals surface area (Å²) in [6, 6.07) is 0.452. The zero-order chi connectivity index (χ0) is 11.4. The monoisotopic (exact) mass is 227 g/mol. The number of ether oxygens (including phenoxy) is 1. The molecule has 16 heavy (non-hydrogen) atoms. The van der Waals surface area contributed by atoms with Gasteiger partial charge in [-0.3, -0.25) is 0 Å². The number of nitrogens with one attached hydrogen (secondary N) is 1. The van der Waals surface area contributed by atoms with Crippen molar-refractivity contribution in [1.82, 2.24) is 5.32 Å². The molecule has 3 nitrogen and oxygen atoms in total. The van der Waals surface area contributed by atoms with Gasteiger partial charge in [0.15, 0.2) is 0 Å². The smallest absolute Gasteiger partial charge is 0.0771 e. The van der Waals surface area contributed by atoms with Gasteiger partial charge in [-0.1, -0.05) is 12.8 Å². The predicted octanol–water partition coefficient (Wildman–Crippen LogP) is 1.84. The quantitative estimate of drug-likeness (QED) is 0.753. The minimum atomic E-state index is -0.426. The summed E-state index contributed by atoms with van der Waals surface area (Å²) in [5.41, 5.74) is -0.426. The fourth-order valence-electron chi connectivity index (χ4n) is 2.88. The summed E-state index contributed by atoms with van der Waals surface area (Å²) in [4.78, 5) is 0. The highest BCUT2D eigenvalue weighted by Gasteiger charge is 2.31. The van der Waals surface area contributed by atoms with Crippen molar-refractivity contribution < 1.29 is 9.84 Å². The lowest BCUT2D eigenvalue weighted by molar-refractivity contribution is 0.0411. The maximum Gasteiger partial charge on any atom is 0.0771 e. The van der Waals surface area contributed by atoms with Crippen LogP contribution in [0.4, 0.5) is 0 Å². The lowest BCUT2D eigenvalue weighted by atomic mass is 10.0. The van der Waals surface area contributed by atoms with E-state index in [1.54, 1.807) is 0 Å². The molecular formula is C13H25NO2. The SMILES string of the molecule is CC(CC1CCCO1)NCC1(O)CCCC1. The van der Waals surface area contributed by atoms with Crippen LogP contribution in [0.3, 0.4) is 0 Å². The Morgan fingerprint density at radius 3 is 2.75 bits per heavy atom. The third-order valence-corrected chi connectivity index (χ3v) is 3.95. The van der Waals surface area contributed by atoms with Gasteiger partial charge in [0.05, 0.1) is 11.7 Å². The molecule has 2 fully saturated rings. The van der Waals surface area contributed by atoms with Crippen LogP contribution in [0, 0.1) is 0 Å². The molecular weight excluding hydrogens is 202 g/mol. The summed E-state index contributed by atoms with van der Waals surface area (Å²) < 4.78 is 5.62. The van der Waals surface area contributed by atoms with E-state index in [9.17, 15) is 5.11 Å². The first-order valence-corrected chi connectivity index (χ1v) is 6.75. The molecule has 0 amide bonds. The van der Waals surface area contributed by atoms with Crippen LogP contribution in [0.5, 0.6) is 0 Å². The summed E-state index contributed by atoms with van der Waals surface area (Å²) in [6.45, 7) is 3.88. The molecule has 2 rings (SSSR count). The fraction of sp³-hybridized carbons (Fsp3) is 1.00. The van der Waals surface area contributed by atoms with E-state index in [0.717, 1.165) is 32.4 Å². The molecule has 0 bridgehead atoms. The number of aliphatic hydroxyl groups is 1. The highest BCUT2D eigenvalue weighted by molar-refractivity contribution is 4.87. The molecule has 1 heterocycles. The van der Waals surface area contributed by atoms with Crippen molar-refractivity contribution in [2.75, 3.05) is 13.2 Å². The van der Waals surface area contributed by atoms with E-state index in [0.29, 0.717) is 12.1 Å². The van der Waals surface area contributed by atoms with Gasteiger partial charge in [-0.2, -0.15) is 0 Å². The van der Waals surface area contributed by atoms with Gasteiger partial charge in [-0.15, -0.1) is 0 Å². The van der Waals surface area contributed by atoms with Crippen molar-refractivity contribution in [1.29, 1.82) is 0 Å². The van der Waals surface area contributed by atoms with E-state index < -0.39 is 5.60 Å². The molecule has 3 heteroatoms. The molecule has 0 aromatic rings. The summed E-state index contributed by atoms with van der Waals surface area (Å²) in [6.07, 6.45) is 8.23. The average Bonchev–Trinajstić information content (AvgIpc) is 2.88. The fourth-order valence-corrected chi connectivity index (χ4v) is 2.88. The Bertz CT molecular complexity index is 208. The Morgan fingerprint density at radius 2 is 2.12 bits per heavy atom. The van der Waals surface area contributed by atoms with Crippen molar-refractivity contribution in [3.63, 3.8) is 0 Å². The van der Waals surface area contributed by atoms with Crippen LogP contribution >= 0.6 is 0 Å². The maximum atomic E-state index is 10.2. The molecule has 0 aromatic heterocycles. The Hall–Kier alpha value is -0.120. The van der Waals surface area contributed by atoms with Crippen LogP contribution in [0.15, 0.2) is 0 Å². The number of hydrogen-bond donors (Lipinski definition) is 2. The molecule has 2 aliphatic rings. The third-order valence-electron chi connectivity index (χ3n) is 3.95. The van der Waals surface area contributed by atoms with E-state index in [-0.39, 0.29) is 0 Å². The number of rotatable bonds is 5. The average molecular weight is 227 g/mol. The Labute approximate surface area is 98.6 Å². The molecule has 0 radical (unpaired) electrons. The standard InChI is InChI=1S/C13H25NO2/c1-11(9-12-5-4-8-16-12)14-10-13(15)6-2-3-7-13/h11-12,14-15H,2-10H2,1H3. The summed E-state index contributed by atoms with van der Waals surface area (Å²) >= 11 is 0. The molecule has 94 valence electrons. The molecule has 2 unspecified atom stereocenters. The summed E-state index contributed by atoms with van der Waals surface area (Å²) in [7, 11) is 0. The zero-order valence-electron chi connectivity index (χ0n) is 10.4. The lowest BCUT2D eigenvalue weighted by Gasteiger charge is -2.26. The van der Waals surface area contributed by atoms with Gasteiger partial charge in [0, 0.05) is 19.2 Å². The Morgan fingerprint density at radius 1 is 1.38 bits per heavy atom. The van der Waals surface area contributed by atoms with Gasteiger partial charge in [0.1, 0.15) is 0 Å². The highest BCUT2D eigenvalue weighted by Crippen LogP contribution is 2.28. The lowest BCUT2D eigenvalue weighted by Crippen LogP contribution is -2.42. The van der Waals surface area contributed by atoms with Crippen LogP contribution in [0.1, 0.15) is 51.9 Å². The Balaban J connectivity index is 1.64. The van der Waals surface area contributed by atoms with Crippen LogP contribution in [-0.4, -0.2) is 36.0 Å². The second kappa shape index (κ2) is 5.48. The molecule has 1 aliphatic heterocycles. The second-order valence-electron chi connectivity index (χ2n) is 5.58. The highest BCUT2D eigenvalue weighted by atomic mass is 16.5. The first-order chi connectivity index (χ1) is 7.68. The minimum Gasteiger partial charge on any atom is -0.389 e. The van der Waals surface area contributed by atoms with E-state index in [1.165, 1.54) is 25.7 Å². The molecule has 0 spiro atoms. The van der Waals surface area contributed by atoms with E-state index >= 15 is 0 Å². The maximum absolute atomic E-state index is 10.2. The van der Waals surface area contributed by atoms with Crippen LogP contribution in [-0.2, 0) is 4.74 Å². The largest absolute Gasteiger partial charge is 0.389 e. The van der Waals surface area contributed by atoms with Gasteiger partial charge in [0.25, 0.3) is 0 Å². The summed E-state index contributed by atoms with van der Waals surface area (Å²) in [5.74, 6) is 0. The molecule has 1 aliphatic carbocycles. The predicted molar refractivity (Wildman–Crippen MR) is 64.5 cm³/mol. The van der Waals surface area contributed by atoms with Crippen molar-refractivity contribution >= 4 is 0 Å². The first-order valence-electron chi connectivity index (χ1n) is 6.75. The van der Waals surface area contributed by atoms with E-state index in [2.05, 4.69) is 12.2 Å². The van der Waals surface area contributed by atoms with Crippen molar-refractivity contribution in [2.24, 2.45) is 0 Å². The van der Waals surface area contributed by atoms with Crippen LogP contribution in [0.2, 0.25) is 0 Å². The van der Waals surface area contributed by atoms with E-state index in [4.69, 9.17) is 4.74 Å². The summed E-state index contributed by atoms with van der Waals surface area (Å²) in [5, 5.41) is 13.7. The normalized spacial score (nSPS) is 30.8. The van der Waals surface area contributed by atoms with Crippen LogP contribution in [0.25, 0.3) is 0 Å². The Kier molecular flexibility index (Phi) is 4.22. The number of hydrogen-bond acceptors (Lipinski definition) is 3. The van der Waals surface area contributed by atoms with Crippen molar-refractivity contribution in [3.8, 4) is 0 Å². The van der Waals surface area contributed by atoms with Crippen molar-refractivity contribution in [2.45, 2.75) is 69.6 Å². The third kappa shape index (κ3) is 3.44. The molecule has 0 aromatic carbocycles. The van der Waals surface area contributed by atoms with Gasteiger partial charge in [0.2, 0.25) is 0 Å². The molecule has 2 atom stereocenters. The van der Waals surface area contributed by atoms with Gasteiger partial charge >= 0.3 is 0 Å². The minimum absolute atomic E-state index is 0.426. The molecule has 2 N–H and O–H groups in total. The molecule has 1 saturated carbocycles. The van der Waals surface area contributed by atoms with Gasteiger partial charge in [-0.05, 0) is 39.0 Å². The zero-order valence-corrected chi connectivity index (χ0v) is 10.4. The second-order valence-corrected chi connectivity index (χ2v) is 5.58.